The van der Waals surface area contributed by atoms with Crippen LogP contribution < -0.4 is 4.74 Å². The molecule has 2 heterocycles. The number of aryl methyl sites for hydroxylation is 1. The zero-order valence-electron chi connectivity index (χ0n) is 18.9. The topological polar surface area (TPSA) is 84.7 Å². The summed E-state index contributed by atoms with van der Waals surface area (Å²) >= 11 is 0. The molecule has 1 aromatic heterocycles. The minimum absolute atomic E-state index is 0.0125. The molecular weight excluding hydrogens is 437 g/mol. The van der Waals surface area contributed by atoms with Crippen LogP contribution in [-0.2, 0) is 16.1 Å². The van der Waals surface area contributed by atoms with Gasteiger partial charge in [0.05, 0.1) is 24.5 Å². The van der Waals surface area contributed by atoms with E-state index in [1.807, 2.05) is 17.7 Å². The van der Waals surface area contributed by atoms with Gasteiger partial charge in [0.25, 0.3) is 11.7 Å². The van der Waals surface area contributed by atoms with Crippen LogP contribution in [-0.4, -0.2) is 44.4 Å². The number of ketones is 1. The summed E-state index contributed by atoms with van der Waals surface area (Å²) in [6.45, 7) is 3.47. The van der Waals surface area contributed by atoms with Crippen molar-refractivity contribution < 1.29 is 23.8 Å². The van der Waals surface area contributed by atoms with Crippen LogP contribution in [0.15, 0.2) is 72.8 Å². The second kappa shape index (κ2) is 10.3. The maximum Gasteiger partial charge on any atom is 0.295 e. The fraction of sp³-hybridized carbons (Fsp3) is 0.269. The molecule has 34 heavy (non-hydrogen) atoms. The molecule has 2 aromatic carbocycles. The fourth-order valence-corrected chi connectivity index (χ4v) is 4.03. The Hall–Kier alpha value is -3.94. The quantitative estimate of drug-likeness (QED) is 0.290. The van der Waals surface area contributed by atoms with Crippen LogP contribution in [0.5, 0.6) is 5.75 Å². The molecule has 0 saturated carbocycles. The zero-order chi connectivity index (χ0) is 24.1. The minimum Gasteiger partial charge on any atom is -0.507 e. The Morgan fingerprint density at radius 1 is 1.09 bits per heavy atom. The highest BCUT2D eigenvalue weighted by atomic mass is 19.1. The summed E-state index contributed by atoms with van der Waals surface area (Å²) in [5.41, 5.74) is 0.932. The Morgan fingerprint density at radius 2 is 1.82 bits per heavy atom. The first-order chi connectivity index (χ1) is 16.5. The highest BCUT2D eigenvalue weighted by Crippen LogP contribution is 2.39. The Labute approximate surface area is 197 Å². The van der Waals surface area contributed by atoms with Crippen molar-refractivity contribution >= 4 is 17.4 Å². The largest absolute Gasteiger partial charge is 0.507 e. The van der Waals surface area contributed by atoms with Crippen molar-refractivity contribution in [1.82, 2.24) is 14.5 Å². The minimum atomic E-state index is -0.820. The van der Waals surface area contributed by atoms with Crippen molar-refractivity contribution in [1.29, 1.82) is 0 Å². The molecule has 7 nitrogen and oxygen atoms in total. The first-order valence-electron chi connectivity index (χ1n) is 11.2. The second-order valence-electron chi connectivity index (χ2n) is 8.07. The summed E-state index contributed by atoms with van der Waals surface area (Å²) in [6, 6.07) is 11.5. The normalized spacial score (nSPS) is 17.4. The van der Waals surface area contributed by atoms with Crippen molar-refractivity contribution in [2.75, 3.05) is 13.2 Å². The summed E-state index contributed by atoms with van der Waals surface area (Å²) in [5, 5.41) is 11.1. The number of rotatable bonds is 9. The Morgan fingerprint density at radius 3 is 2.47 bits per heavy atom. The molecule has 1 amide bonds. The summed E-state index contributed by atoms with van der Waals surface area (Å²) in [5.74, 6) is -1.51. The number of imidazole rings is 1. The Bertz CT molecular complexity index is 1170. The van der Waals surface area contributed by atoms with E-state index >= 15 is 0 Å². The molecule has 8 heteroatoms. The molecule has 1 aliphatic rings. The van der Waals surface area contributed by atoms with E-state index in [-0.39, 0.29) is 17.9 Å². The molecule has 1 N–H and O–H groups in total. The third-order valence-corrected chi connectivity index (χ3v) is 5.70. The SMILES string of the molecule is CCCOc1ccc(C(O)=C2C(=O)C(=O)N(CCCn3ccnc3)[C@H]2c2ccc(F)cc2)cc1. The number of aliphatic hydroxyl groups is 1. The number of nitrogens with zero attached hydrogens (tertiary/aromatic N) is 3. The van der Waals surface area contributed by atoms with Gasteiger partial charge < -0.3 is 19.3 Å². The number of likely N-dealkylation sites (tertiary alicyclic amines) is 1. The predicted octanol–water partition coefficient (Wildman–Crippen LogP) is 4.32. The van der Waals surface area contributed by atoms with Gasteiger partial charge in [-0.2, -0.15) is 0 Å². The lowest BCUT2D eigenvalue weighted by molar-refractivity contribution is -0.139. The van der Waals surface area contributed by atoms with Crippen LogP contribution in [0.3, 0.4) is 0 Å². The number of hydrogen-bond acceptors (Lipinski definition) is 5. The van der Waals surface area contributed by atoms with E-state index in [4.69, 9.17) is 4.74 Å². The van der Waals surface area contributed by atoms with Gasteiger partial charge >= 0.3 is 0 Å². The molecule has 4 rings (SSSR count). The zero-order valence-corrected chi connectivity index (χ0v) is 18.9. The summed E-state index contributed by atoms with van der Waals surface area (Å²) in [7, 11) is 0. The number of aliphatic hydroxyl groups excluding tert-OH is 1. The third kappa shape index (κ3) is 4.85. The lowest BCUT2D eigenvalue weighted by Gasteiger charge is -2.25. The average Bonchev–Trinajstić information content (AvgIpc) is 3.45. The second-order valence-corrected chi connectivity index (χ2v) is 8.07. The number of halogens is 1. The monoisotopic (exact) mass is 463 g/mol. The third-order valence-electron chi connectivity index (χ3n) is 5.70. The van der Waals surface area contributed by atoms with Gasteiger partial charge in [-0.05, 0) is 54.8 Å². The molecule has 176 valence electrons. The van der Waals surface area contributed by atoms with Gasteiger partial charge in [-0.15, -0.1) is 0 Å². The van der Waals surface area contributed by atoms with Crippen molar-refractivity contribution in [2.24, 2.45) is 0 Å². The number of ether oxygens (including phenoxy) is 1. The van der Waals surface area contributed by atoms with E-state index in [0.29, 0.717) is 36.4 Å². The Kier molecular flexibility index (Phi) is 7.06. The van der Waals surface area contributed by atoms with Crippen molar-refractivity contribution in [2.45, 2.75) is 32.4 Å². The molecule has 0 unspecified atom stereocenters. The number of amides is 1. The summed E-state index contributed by atoms with van der Waals surface area (Å²) in [6.07, 6.45) is 6.61. The number of Topliss-reactive ketones (excluding diaryl/α,β-unsaturated/α-hetero) is 1. The van der Waals surface area contributed by atoms with Crippen LogP contribution >= 0.6 is 0 Å². The molecule has 0 spiro atoms. The van der Waals surface area contributed by atoms with E-state index in [2.05, 4.69) is 4.98 Å². The van der Waals surface area contributed by atoms with Crippen LogP contribution in [0.4, 0.5) is 4.39 Å². The van der Waals surface area contributed by atoms with E-state index in [9.17, 15) is 19.1 Å². The van der Waals surface area contributed by atoms with Crippen molar-refractivity contribution in [3.63, 3.8) is 0 Å². The van der Waals surface area contributed by atoms with Crippen molar-refractivity contribution in [3.8, 4) is 5.75 Å². The average molecular weight is 464 g/mol. The molecular formula is C26H26FN3O4. The first-order valence-corrected chi connectivity index (χ1v) is 11.2. The molecule has 3 aromatic rings. The van der Waals surface area contributed by atoms with E-state index in [1.165, 1.54) is 29.2 Å². The van der Waals surface area contributed by atoms with Crippen LogP contribution in [0.1, 0.15) is 36.9 Å². The van der Waals surface area contributed by atoms with Gasteiger partial charge in [0, 0.05) is 31.0 Å². The molecule has 0 aliphatic carbocycles. The fourth-order valence-electron chi connectivity index (χ4n) is 4.03. The smallest absolute Gasteiger partial charge is 0.295 e. The summed E-state index contributed by atoms with van der Waals surface area (Å²) in [4.78, 5) is 31.5. The standard InChI is InChI=1S/C26H26FN3O4/c1-2-16-34-21-10-6-19(7-11-21)24(31)22-23(18-4-8-20(27)9-5-18)30(26(33)25(22)32)14-3-13-29-15-12-28-17-29/h4-12,15,17,23,31H,2-3,13-14,16H2,1H3/t23-/m0/s1. The van der Waals surface area contributed by atoms with E-state index in [1.54, 1.807) is 36.8 Å². The van der Waals surface area contributed by atoms with Crippen LogP contribution in [0.2, 0.25) is 0 Å². The van der Waals surface area contributed by atoms with Gasteiger partial charge in [-0.3, -0.25) is 9.59 Å². The number of benzene rings is 2. The predicted molar refractivity (Wildman–Crippen MR) is 124 cm³/mol. The molecule has 1 saturated heterocycles. The van der Waals surface area contributed by atoms with Crippen LogP contribution in [0, 0.1) is 5.82 Å². The van der Waals surface area contributed by atoms with Gasteiger partial charge in [-0.25, -0.2) is 9.37 Å². The summed E-state index contributed by atoms with van der Waals surface area (Å²) < 4.78 is 21.1. The highest BCUT2D eigenvalue weighted by molar-refractivity contribution is 6.46. The molecule has 0 bridgehead atoms. The highest BCUT2D eigenvalue weighted by Gasteiger charge is 2.45. The maximum atomic E-state index is 13.6. The van der Waals surface area contributed by atoms with Gasteiger partial charge in [0.15, 0.2) is 0 Å². The van der Waals surface area contributed by atoms with E-state index in [0.717, 1.165) is 6.42 Å². The molecule has 1 aliphatic heterocycles. The number of hydrogen-bond donors (Lipinski definition) is 1. The molecule has 0 radical (unpaired) electrons. The number of aromatic nitrogens is 2. The van der Waals surface area contributed by atoms with Gasteiger partial charge in [-0.1, -0.05) is 19.1 Å². The van der Waals surface area contributed by atoms with Crippen molar-refractivity contribution in [3.05, 3.63) is 89.8 Å². The van der Waals surface area contributed by atoms with Crippen LogP contribution in [0.25, 0.3) is 5.76 Å². The maximum absolute atomic E-state index is 13.6. The molecule has 1 fully saturated rings. The lowest BCUT2D eigenvalue weighted by atomic mass is 9.95. The molecule has 1 atom stereocenters. The van der Waals surface area contributed by atoms with Gasteiger partial charge in [0.2, 0.25) is 0 Å². The lowest BCUT2D eigenvalue weighted by Crippen LogP contribution is -2.31. The first kappa shape index (κ1) is 23.2. The van der Waals surface area contributed by atoms with Gasteiger partial charge in [0.1, 0.15) is 17.3 Å². The van der Waals surface area contributed by atoms with E-state index < -0.39 is 23.5 Å². The Balaban J connectivity index is 1.67. The number of carbonyl (C=O) groups is 2. The number of carbonyl (C=O) groups excluding carboxylic acids is 2.